The van der Waals surface area contributed by atoms with Crippen LogP contribution in [-0.2, 0) is 9.84 Å². The number of carbonyl (C=O) groups is 1. The lowest BCUT2D eigenvalue weighted by Crippen LogP contribution is -2.29. The fourth-order valence-electron chi connectivity index (χ4n) is 3.23. The molecule has 1 aliphatic rings. The first-order valence-electron chi connectivity index (χ1n) is 7.44. The average Bonchev–Trinajstić information content (AvgIpc) is 2.47. The van der Waals surface area contributed by atoms with E-state index in [-0.39, 0.29) is 15.7 Å². The van der Waals surface area contributed by atoms with Gasteiger partial charge < -0.3 is 5.11 Å². The first kappa shape index (κ1) is 16.0. The number of sulfone groups is 1. The molecule has 0 amide bonds. The zero-order valence-corrected chi connectivity index (χ0v) is 13.3. The van der Waals surface area contributed by atoms with Crippen molar-refractivity contribution >= 4 is 15.8 Å². The Morgan fingerprint density at radius 3 is 2.67 bits per heavy atom. The summed E-state index contributed by atoms with van der Waals surface area (Å²) in [5, 5.41) is 8.78. The van der Waals surface area contributed by atoms with Gasteiger partial charge in [0.05, 0.1) is 15.7 Å². The summed E-state index contributed by atoms with van der Waals surface area (Å²) in [6.07, 6.45) is 4.39. The van der Waals surface area contributed by atoms with Crippen molar-refractivity contribution in [2.75, 3.05) is 0 Å². The van der Waals surface area contributed by atoms with E-state index >= 15 is 0 Å². The van der Waals surface area contributed by atoms with Gasteiger partial charge in [0.1, 0.15) is 0 Å². The van der Waals surface area contributed by atoms with Crippen molar-refractivity contribution in [1.82, 2.24) is 0 Å². The molecule has 1 fully saturated rings. The SMILES string of the molecule is CCC1CCCC(S(=O)(=O)c2cccc(C(=O)O)c2C)C1. The minimum atomic E-state index is -3.46. The molecule has 2 atom stereocenters. The van der Waals surface area contributed by atoms with Crippen molar-refractivity contribution in [2.45, 2.75) is 56.1 Å². The van der Waals surface area contributed by atoms with Gasteiger partial charge in [-0.25, -0.2) is 13.2 Å². The van der Waals surface area contributed by atoms with Crippen molar-refractivity contribution in [3.63, 3.8) is 0 Å². The van der Waals surface area contributed by atoms with Crippen LogP contribution in [0.5, 0.6) is 0 Å². The lowest BCUT2D eigenvalue weighted by Gasteiger charge is -2.28. The molecular formula is C16H22O4S. The third-order valence-corrected chi connectivity index (χ3v) is 6.93. The molecule has 2 unspecified atom stereocenters. The van der Waals surface area contributed by atoms with E-state index in [9.17, 15) is 13.2 Å². The molecule has 1 aliphatic carbocycles. The molecule has 1 saturated carbocycles. The van der Waals surface area contributed by atoms with Gasteiger partial charge in [0.2, 0.25) is 0 Å². The van der Waals surface area contributed by atoms with Crippen molar-refractivity contribution in [3.05, 3.63) is 29.3 Å². The van der Waals surface area contributed by atoms with Gasteiger partial charge in [0.25, 0.3) is 0 Å². The molecule has 0 aliphatic heterocycles. The molecule has 0 radical (unpaired) electrons. The van der Waals surface area contributed by atoms with Gasteiger partial charge in [0, 0.05) is 0 Å². The molecule has 116 valence electrons. The van der Waals surface area contributed by atoms with Crippen molar-refractivity contribution < 1.29 is 18.3 Å². The number of rotatable bonds is 4. The standard InChI is InChI=1S/C16H22O4S/c1-3-12-6-4-7-13(10-12)21(19,20)15-9-5-8-14(11(15)2)16(17)18/h5,8-9,12-13H,3-4,6-7,10H2,1-2H3,(H,17,18). The molecule has 0 spiro atoms. The number of carboxylic acid groups (broad SMARTS) is 1. The fraction of sp³-hybridized carbons (Fsp3) is 0.562. The smallest absolute Gasteiger partial charge is 0.335 e. The van der Waals surface area contributed by atoms with Crippen molar-refractivity contribution in [3.8, 4) is 0 Å². The minimum Gasteiger partial charge on any atom is -0.478 e. The van der Waals surface area contributed by atoms with E-state index in [2.05, 4.69) is 6.92 Å². The quantitative estimate of drug-likeness (QED) is 0.924. The maximum Gasteiger partial charge on any atom is 0.335 e. The second kappa shape index (κ2) is 6.18. The van der Waals surface area contributed by atoms with E-state index in [4.69, 9.17) is 5.11 Å². The highest BCUT2D eigenvalue weighted by Gasteiger charge is 2.33. The van der Waals surface area contributed by atoms with Crippen LogP contribution in [0.1, 0.15) is 54.9 Å². The zero-order valence-electron chi connectivity index (χ0n) is 12.5. The number of hydrogen-bond acceptors (Lipinski definition) is 3. The van der Waals surface area contributed by atoms with Crippen LogP contribution in [-0.4, -0.2) is 24.7 Å². The second-order valence-electron chi connectivity index (χ2n) is 5.84. The van der Waals surface area contributed by atoms with Gasteiger partial charge in [-0.15, -0.1) is 0 Å². The van der Waals surface area contributed by atoms with Gasteiger partial charge in [-0.3, -0.25) is 0 Å². The first-order valence-corrected chi connectivity index (χ1v) is 8.99. The van der Waals surface area contributed by atoms with Crippen LogP contribution in [0, 0.1) is 12.8 Å². The van der Waals surface area contributed by atoms with E-state index in [0.29, 0.717) is 24.3 Å². The Morgan fingerprint density at radius 1 is 1.33 bits per heavy atom. The van der Waals surface area contributed by atoms with Crippen LogP contribution in [0.3, 0.4) is 0 Å². The van der Waals surface area contributed by atoms with Crippen molar-refractivity contribution in [2.24, 2.45) is 5.92 Å². The first-order chi connectivity index (χ1) is 9.87. The molecule has 5 heteroatoms. The molecule has 4 nitrogen and oxygen atoms in total. The fourth-order valence-corrected chi connectivity index (χ4v) is 5.39. The summed E-state index contributed by atoms with van der Waals surface area (Å²) in [4.78, 5) is 11.4. The molecule has 1 aromatic rings. The summed E-state index contributed by atoms with van der Waals surface area (Å²) in [7, 11) is -3.46. The Hall–Kier alpha value is -1.36. The highest BCUT2D eigenvalue weighted by Crippen LogP contribution is 2.34. The Morgan fingerprint density at radius 2 is 2.05 bits per heavy atom. The molecule has 0 saturated heterocycles. The molecule has 2 rings (SSSR count). The largest absolute Gasteiger partial charge is 0.478 e. The highest BCUT2D eigenvalue weighted by atomic mass is 32.2. The second-order valence-corrected chi connectivity index (χ2v) is 8.04. The Bertz CT molecular complexity index is 634. The molecule has 1 aromatic carbocycles. The number of hydrogen-bond donors (Lipinski definition) is 1. The van der Waals surface area contributed by atoms with Gasteiger partial charge in [0.15, 0.2) is 9.84 Å². The summed E-state index contributed by atoms with van der Waals surface area (Å²) in [5.74, 6) is -0.624. The Kier molecular flexibility index (Phi) is 4.71. The third-order valence-electron chi connectivity index (χ3n) is 4.57. The number of benzene rings is 1. The molecule has 21 heavy (non-hydrogen) atoms. The number of aromatic carboxylic acids is 1. The lowest BCUT2D eigenvalue weighted by atomic mass is 9.87. The molecular weight excluding hydrogens is 288 g/mol. The molecule has 1 N–H and O–H groups in total. The van der Waals surface area contributed by atoms with E-state index in [1.165, 1.54) is 18.2 Å². The normalized spacial score (nSPS) is 23.0. The Labute approximate surface area is 126 Å². The molecule has 0 heterocycles. The molecule has 0 aromatic heterocycles. The Balaban J connectivity index is 2.40. The molecule has 0 bridgehead atoms. The van der Waals surface area contributed by atoms with E-state index in [1.54, 1.807) is 6.92 Å². The average molecular weight is 310 g/mol. The van der Waals surface area contributed by atoms with Crippen LogP contribution in [0.25, 0.3) is 0 Å². The van der Waals surface area contributed by atoms with Crippen LogP contribution in [0.4, 0.5) is 0 Å². The van der Waals surface area contributed by atoms with Crippen LogP contribution >= 0.6 is 0 Å². The van der Waals surface area contributed by atoms with Gasteiger partial charge >= 0.3 is 5.97 Å². The topological polar surface area (TPSA) is 71.4 Å². The summed E-state index contributed by atoms with van der Waals surface area (Å²) < 4.78 is 25.7. The maximum absolute atomic E-state index is 12.9. The van der Waals surface area contributed by atoms with E-state index < -0.39 is 15.8 Å². The number of carboxylic acids is 1. The third kappa shape index (κ3) is 3.12. The summed E-state index contributed by atoms with van der Waals surface area (Å²) in [6.45, 7) is 3.67. The lowest BCUT2D eigenvalue weighted by molar-refractivity contribution is 0.0696. The predicted octanol–water partition coefficient (Wildman–Crippen LogP) is 3.44. The van der Waals surface area contributed by atoms with E-state index in [0.717, 1.165) is 19.3 Å². The van der Waals surface area contributed by atoms with Crippen LogP contribution in [0.2, 0.25) is 0 Å². The summed E-state index contributed by atoms with van der Waals surface area (Å²) in [5.41, 5.74) is 0.419. The van der Waals surface area contributed by atoms with Gasteiger partial charge in [-0.1, -0.05) is 32.3 Å². The van der Waals surface area contributed by atoms with E-state index in [1.807, 2.05) is 0 Å². The van der Waals surface area contributed by atoms with Crippen LogP contribution < -0.4 is 0 Å². The monoisotopic (exact) mass is 310 g/mol. The summed E-state index contributed by atoms with van der Waals surface area (Å²) in [6, 6.07) is 4.50. The zero-order chi connectivity index (χ0) is 15.6. The predicted molar refractivity (Wildman–Crippen MR) is 81.4 cm³/mol. The van der Waals surface area contributed by atoms with Gasteiger partial charge in [-0.05, 0) is 43.4 Å². The van der Waals surface area contributed by atoms with Crippen LogP contribution in [0.15, 0.2) is 23.1 Å². The highest BCUT2D eigenvalue weighted by molar-refractivity contribution is 7.92. The maximum atomic E-state index is 12.9. The minimum absolute atomic E-state index is 0.0684. The van der Waals surface area contributed by atoms with Crippen molar-refractivity contribution in [1.29, 1.82) is 0 Å². The van der Waals surface area contributed by atoms with Gasteiger partial charge in [-0.2, -0.15) is 0 Å². The summed E-state index contributed by atoms with van der Waals surface area (Å²) >= 11 is 0.